The third-order valence-electron chi connectivity index (χ3n) is 2.45. The molecule has 1 fully saturated rings. The van der Waals surface area contributed by atoms with Crippen LogP contribution in [0.2, 0.25) is 0 Å². The van der Waals surface area contributed by atoms with Crippen molar-refractivity contribution in [3.63, 3.8) is 0 Å². The van der Waals surface area contributed by atoms with Crippen LogP contribution in [0.15, 0.2) is 30.3 Å². The van der Waals surface area contributed by atoms with E-state index in [1.165, 1.54) is 0 Å². The molecule has 1 saturated heterocycles. The lowest BCUT2D eigenvalue weighted by Crippen LogP contribution is -2.50. The highest BCUT2D eigenvalue weighted by atomic mass is 16.7. The average Bonchev–Trinajstić information content (AvgIpc) is 2.30. The summed E-state index contributed by atoms with van der Waals surface area (Å²) in [5.41, 5.74) is 0.540. The highest BCUT2D eigenvalue weighted by Gasteiger charge is 2.32. The van der Waals surface area contributed by atoms with E-state index in [0.29, 0.717) is 18.7 Å². The Morgan fingerprint density at radius 3 is 2.81 bits per heavy atom. The van der Waals surface area contributed by atoms with Crippen molar-refractivity contribution in [2.75, 3.05) is 19.7 Å². The van der Waals surface area contributed by atoms with E-state index in [9.17, 15) is 4.79 Å². The third kappa shape index (κ3) is 2.59. The minimum absolute atomic E-state index is 0.355. The Bertz CT molecular complexity index is 358. The number of ether oxygens (including phenoxy) is 2. The van der Waals surface area contributed by atoms with Crippen LogP contribution < -0.4 is 5.32 Å². The molecule has 0 aliphatic carbocycles. The summed E-state index contributed by atoms with van der Waals surface area (Å²) < 4.78 is 10.8. The topological polar surface area (TPSA) is 47.6 Å². The molecule has 1 aliphatic heterocycles. The van der Waals surface area contributed by atoms with Gasteiger partial charge in [-0.15, -0.1) is 0 Å². The van der Waals surface area contributed by atoms with Crippen molar-refractivity contribution < 1.29 is 14.3 Å². The second-order valence-corrected chi connectivity index (χ2v) is 3.91. The van der Waals surface area contributed by atoms with Crippen molar-refractivity contribution in [1.29, 1.82) is 0 Å². The Morgan fingerprint density at radius 2 is 2.19 bits per heavy atom. The summed E-state index contributed by atoms with van der Waals surface area (Å²) in [6, 6.07) is 8.92. The van der Waals surface area contributed by atoms with Crippen LogP contribution in [-0.2, 0) is 9.47 Å². The van der Waals surface area contributed by atoms with Gasteiger partial charge in [0.05, 0.1) is 18.7 Å². The van der Waals surface area contributed by atoms with Crippen molar-refractivity contribution in [1.82, 2.24) is 5.32 Å². The molecule has 0 unspecified atom stereocenters. The smallest absolute Gasteiger partial charge is 0.340 e. The van der Waals surface area contributed by atoms with Crippen LogP contribution in [0.3, 0.4) is 0 Å². The fourth-order valence-corrected chi connectivity index (χ4v) is 1.60. The van der Waals surface area contributed by atoms with Gasteiger partial charge in [0.2, 0.25) is 5.79 Å². The van der Waals surface area contributed by atoms with Crippen molar-refractivity contribution in [3.8, 4) is 0 Å². The molecule has 1 heterocycles. The van der Waals surface area contributed by atoms with Gasteiger partial charge >= 0.3 is 5.97 Å². The third-order valence-corrected chi connectivity index (χ3v) is 2.45. The Hall–Kier alpha value is -1.39. The number of carbonyl (C=O) groups is 1. The lowest BCUT2D eigenvalue weighted by atomic mass is 10.2. The fraction of sp³-hybridized carbons (Fsp3) is 0.417. The van der Waals surface area contributed by atoms with Crippen molar-refractivity contribution in [3.05, 3.63) is 35.9 Å². The van der Waals surface area contributed by atoms with Crippen LogP contribution in [-0.4, -0.2) is 31.5 Å². The highest BCUT2D eigenvalue weighted by molar-refractivity contribution is 5.89. The van der Waals surface area contributed by atoms with Crippen LogP contribution in [0, 0.1) is 0 Å². The van der Waals surface area contributed by atoms with Gasteiger partial charge in [0, 0.05) is 13.5 Å². The fourth-order valence-electron chi connectivity index (χ4n) is 1.60. The normalized spacial score (nSPS) is 25.1. The number of hydrogen-bond donors (Lipinski definition) is 1. The van der Waals surface area contributed by atoms with Gasteiger partial charge in [-0.1, -0.05) is 18.2 Å². The van der Waals surface area contributed by atoms with Gasteiger partial charge in [-0.2, -0.15) is 0 Å². The quantitative estimate of drug-likeness (QED) is 0.762. The van der Waals surface area contributed by atoms with E-state index in [4.69, 9.17) is 9.47 Å². The molecule has 16 heavy (non-hydrogen) atoms. The molecule has 1 N–H and O–H groups in total. The molecule has 0 radical (unpaired) electrons. The molecular formula is C12H15NO3. The Labute approximate surface area is 94.6 Å². The Morgan fingerprint density at radius 1 is 1.44 bits per heavy atom. The first-order valence-corrected chi connectivity index (χ1v) is 5.33. The maximum Gasteiger partial charge on any atom is 0.340 e. The largest absolute Gasteiger partial charge is 0.428 e. The second-order valence-electron chi connectivity index (χ2n) is 3.91. The molecule has 1 atom stereocenters. The number of nitrogens with one attached hydrogen (secondary N) is 1. The molecule has 0 saturated carbocycles. The first kappa shape index (κ1) is 11.1. The minimum Gasteiger partial charge on any atom is -0.428 e. The number of esters is 1. The van der Waals surface area contributed by atoms with Gasteiger partial charge in [-0.05, 0) is 12.1 Å². The predicted octanol–water partition coefficient (Wildman–Crippen LogP) is 1.18. The predicted molar refractivity (Wildman–Crippen MR) is 59.1 cm³/mol. The molecule has 1 aliphatic rings. The van der Waals surface area contributed by atoms with E-state index >= 15 is 0 Å². The lowest BCUT2D eigenvalue weighted by Gasteiger charge is -2.33. The maximum atomic E-state index is 11.8. The van der Waals surface area contributed by atoms with Gasteiger partial charge in [0.1, 0.15) is 0 Å². The number of hydrogen-bond acceptors (Lipinski definition) is 4. The summed E-state index contributed by atoms with van der Waals surface area (Å²) in [6.07, 6.45) is 0. The SMILES string of the molecule is C[C@@]1(OC(=O)c2ccccc2)CNCCO1. The Kier molecular flexibility index (Phi) is 3.22. The van der Waals surface area contributed by atoms with E-state index < -0.39 is 5.79 Å². The summed E-state index contributed by atoms with van der Waals surface area (Å²) in [5.74, 6) is -1.21. The number of benzene rings is 1. The molecule has 0 spiro atoms. The van der Waals surface area contributed by atoms with Crippen LogP contribution in [0.4, 0.5) is 0 Å². The van der Waals surface area contributed by atoms with E-state index in [1.807, 2.05) is 6.07 Å². The van der Waals surface area contributed by atoms with E-state index in [0.717, 1.165) is 6.54 Å². The molecule has 4 heteroatoms. The number of morpholine rings is 1. The van der Waals surface area contributed by atoms with E-state index in [2.05, 4.69) is 5.32 Å². The molecule has 0 amide bonds. The molecule has 4 nitrogen and oxygen atoms in total. The monoisotopic (exact) mass is 221 g/mol. The summed E-state index contributed by atoms with van der Waals surface area (Å²) in [5, 5.41) is 3.13. The highest BCUT2D eigenvalue weighted by Crippen LogP contribution is 2.16. The zero-order valence-electron chi connectivity index (χ0n) is 9.23. The second kappa shape index (κ2) is 4.63. The molecule has 1 aromatic rings. The number of carbonyl (C=O) groups excluding carboxylic acids is 1. The summed E-state index contributed by atoms with van der Waals surface area (Å²) >= 11 is 0. The van der Waals surface area contributed by atoms with Gasteiger partial charge < -0.3 is 14.8 Å². The van der Waals surface area contributed by atoms with Crippen molar-refractivity contribution >= 4 is 5.97 Å². The first-order valence-electron chi connectivity index (χ1n) is 5.33. The van der Waals surface area contributed by atoms with Crippen molar-refractivity contribution in [2.24, 2.45) is 0 Å². The number of rotatable bonds is 2. The molecule has 1 aromatic carbocycles. The van der Waals surface area contributed by atoms with E-state index in [1.54, 1.807) is 31.2 Å². The molecule has 0 aromatic heterocycles. The first-order chi connectivity index (χ1) is 7.70. The summed E-state index contributed by atoms with van der Waals surface area (Å²) in [4.78, 5) is 11.8. The minimum atomic E-state index is -0.856. The summed E-state index contributed by atoms with van der Waals surface area (Å²) in [7, 11) is 0. The average molecular weight is 221 g/mol. The van der Waals surface area contributed by atoms with Crippen LogP contribution >= 0.6 is 0 Å². The van der Waals surface area contributed by atoms with E-state index in [-0.39, 0.29) is 5.97 Å². The zero-order chi connectivity index (χ0) is 11.4. The van der Waals surface area contributed by atoms with Gasteiger partial charge in [0.15, 0.2) is 0 Å². The van der Waals surface area contributed by atoms with Crippen LogP contribution in [0.25, 0.3) is 0 Å². The van der Waals surface area contributed by atoms with Gasteiger partial charge in [-0.25, -0.2) is 4.79 Å². The standard InChI is InChI=1S/C12H15NO3/c1-12(9-13-7-8-15-12)16-11(14)10-5-3-2-4-6-10/h2-6,13H,7-9H2,1H3/t12-/m1/s1. The maximum absolute atomic E-state index is 11.8. The molecule has 2 rings (SSSR count). The summed E-state index contributed by atoms with van der Waals surface area (Å²) in [6.45, 7) is 3.63. The Balaban J connectivity index is 2.01. The van der Waals surface area contributed by atoms with Crippen LogP contribution in [0.5, 0.6) is 0 Å². The van der Waals surface area contributed by atoms with Gasteiger partial charge in [-0.3, -0.25) is 0 Å². The molecular weight excluding hydrogens is 206 g/mol. The lowest BCUT2D eigenvalue weighted by molar-refractivity contribution is -0.201. The molecule has 86 valence electrons. The molecule has 0 bridgehead atoms. The van der Waals surface area contributed by atoms with Gasteiger partial charge in [0.25, 0.3) is 0 Å². The zero-order valence-corrected chi connectivity index (χ0v) is 9.23. The van der Waals surface area contributed by atoms with Crippen molar-refractivity contribution in [2.45, 2.75) is 12.7 Å². The van der Waals surface area contributed by atoms with Crippen LogP contribution in [0.1, 0.15) is 17.3 Å².